The average molecular weight is 274 g/mol. The normalized spacial score (nSPS) is 20.9. The Labute approximate surface area is 111 Å². The molecule has 18 heavy (non-hydrogen) atoms. The summed E-state index contributed by atoms with van der Waals surface area (Å²) in [5, 5.41) is 3.29. The van der Waals surface area contributed by atoms with Crippen LogP contribution in [0.3, 0.4) is 0 Å². The van der Waals surface area contributed by atoms with E-state index in [1.165, 1.54) is 12.8 Å². The van der Waals surface area contributed by atoms with E-state index in [0.717, 1.165) is 19.3 Å². The Bertz CT molecular complexity index is 359. The fourth-order valence-electron chi connectivity index (χ4n) is 2.09. The first-order valence-electron chi connectivity index (χ1n) is 7.22. The monoisotopic (exact) mass is 274 g/mol. The molecule has 0 aromatic heterocycles. The van der Waals surface area contributed by atoms with Crippen LogP contribution in [0.1, 0.15) is 46.0 Å². The lowest BCUT2D eigenvalue weighted by atomic mass is 10.1. The summed E-state index contributed by atoms with van der Waals surface area (Å²) >= 11 is 0. The summed E-state index contributed by atoms with van der Waals surface area (Å²) in [5.74, 6) is 0.823. The Hall–Kier alpha value is -0.130. The summed E-state index contributed by atoms with van der Waals surface area (Å²) in [4.78, 5) is 0. The molecule has 2 aliphatic rings. The van der Waals surface area contributed by atoms with Gasteiger partial charge in [-0.05, 0) is 38.0 Å². The van der Waals surface area contributed by atoms with Gasteiger partial charge in [-0.1, -0.05) is 13.8 Å². The van der Waals surface area contributed by atoms with Crippen molar-refractivity contribution < 1.29 is 8.42 Å². The van der Waals surface area contributed by atoms with Gasteiger partial charge in [-0.3, -0.25) is 0 Å². The molecule has 4 nitrogen and oxygen atoms in total. The highest BCUT2D eigenvalue weighted by molar-refractivity contribution is 7.89. The first-order chi connectivity index (χ1) is 8.49. The standard InChI is InChI=1S/C13H26N2O2S/c1-11(2)7-9-15(13-5-6-13)18(16,17)10-8-14-12-3-4-12/h11-14H,3-10H2,1-2H3. The van der Waals surface area contributed by atoms with E-state index in [4.69, 9.17) is 0 Å². The van der Waals surface area contributed by atoms with Crippen molar-refractivity contribution in [1.82, 2.24) is 9.62 Å². The van der Waals surface area contributed by atoms with Crippen LogP contribution in [-0.2, 0) is 10.0 Å². The zero-order valence-electron chi connectivity index (χ0n) is 11.6. The maximum atomic E-state index is 12.3. The quantitative estimate of drug-likeness (QED) is 0.694. The third kappa shape index (κ3) is 4.52. The molecule has 0 aromatic rings. The Balaban J connectivity index is 1.81. The van der Waals surface area contributed by atoms with Crippen molar-refractivity contribution in [2.75, 3.05) is 18.8 Å². The molecule has 0 bridgehead atoms. The summed E-state index contributed by atoms with van der Waals surface area (Å²) in [6.07, 6.45) is 5.48. The lowest BCUT2D eigenvalue weighted by molar-refractivity contribution is 0.373. The third-order valence-corrected chi connectivity index (χ3v) is 5.52. The predicted molar refractivity (Wildman–Crippen MR) is 74.0 cm³/mol. The smallest absolute Gasteiger partial charge is 0.215 e. The van der Waals surface area contributed by atoms with E-state index in [2.05, 4.69) is 19.2 Å². The van der Waals surface area contributed by atoms with Crippen molar-refractivity contribution in [1.29, 1.82) is 0 Å². The van der Waals surface area contributed by atoms with Crippen LogP contribution in [0, 0.1) is 5.92 Å². The van der Waals surface area contributed by atoms with E-state index in [1.54, 1.807) is 4.31 Å². The van der Waals surface area contributed by atoms with Crippen LogP contribution < -0.4 is 5.32 Å². The van der Waals surface area contributed by atoms with E-state index in [9.17, 15) is 8.42 Å². The number of nitrogens with one attached hydrogen (secondary N) is 1. The highest BCUT2D eigenvalue weighted by atomic mass is 32.2. The summed E-state index contributed by atoms with van der Waals surface area (Å²) in [5.41, 5.74) is 0. The number of hydrogen-bond acceptors (Lipinski definition) is 3. The average Bonchev–Trinajstić information content (AvgIpc) is 3.11. The van der Waals surface area contributed by atoms with Crippen molar-refractivity contribution >= 4 is 10.0 Å². The predicted octanol–water partition coefficient (Wildman–Crippen LogP) is 1.58. The molecule has 0 aromatic carbocycles. The second-order valence-corrected chi connectivity index (χ2v) is 8.11. The molecule has 106 valence electrons. The van der Waals surface area contributed by atoms with E-state index in [1.807, 2.05) is 0 Å². The lowest BCUT2D eigenvalue weighted by Gasteiger charge is -2.22. The van der Waals surface area contributed by atoms with E-state index < -0.39 is 10.0 Å². The van der Waals surface area contributed by atoms with Crippen LogP contribution in [0.15, 0.2) is 0 Å². The van der Waals surface area contributed by atoms with Crippen LogP contribution in [-0.4, -0.2) is 43.6 Å². The van der Waals surface area contributed by atoms with Crippen molar-refractivity contribution in [3.05, 3.63) is 0 Å². The molecular formula is C13H26N2O2S. The van der Waals surface area contributed by atoms with Gasteiger partial charge in [0.05, 0.1) is 5.75 Å². The zero-order valence-corrected chi connectivity index (χ0v) is 12.4. The van der Waals surface area contributed by atoms with Gasteiger partial charge < -0.3 is 5.32 Å². The molecule has 0 amide bonds. The highest BCUT2D eigenvalue weighted by Gasteiger charge is 2.36. The number of sulfonamides is 1. The number of rotatable bonds is 9. The van der Waals surface area contributed by atoms with Crippen LogP contribution in [0.2, 0.25) is 0 Å². The van der Waals surface area contributed by atoms with E-state index in [0.29, 0.717) is 31.1 Å². The molecule has 1 N–H and O–H groups in total. The van der Waals surface area contributed by atoms with E-state index in [-0.39, 0.29) is 5.75 Å². The van der Waals surface area contributed by atoms with Gasteiger partial charge in [0, 0.05) is 25.2 Å². The second kappa shape index (κ2) is 5.88. The second-order valence-electron chi connectivity index (χ2n) is 6.07. The number of hydrogen-bond donors (Lipinski definition) is 1. The van der Waals surface area contributed by atoms with E-state index >= 15 is 0 Å². The van der Waals surface area contributed by atoms with Crippen LogP contribution in [0.25, 0.3) is 0 Å². The molecule has 0 spiro atoms. The van der Waals surface area contributed by atoms with Crippen LogP contribution in [0.4, 0.5) is 0 Å². The Morgan fingerprint density at radius 3 is 2.39 bits per heavy atom. The van der Waals surface area contributed by atoms with Crippen molar-refractivity contribution in [2.24, 2.45) is 5.92 Å². The van der Waals surface area contributed by atoms with Crippen LogP contribution in [0.5, 0.6) is 0 Å². The summed E-state index contributed by atoms with van der Waals surface area (Å²) in [7, 11) is -3.05. The van der Waals surface area contributed by atoms with Crippen LogP contribution >= 0.6 is 0 Å². The van der Waals surface area contributed by atoms with Gasteiger partial charge in [-0.15, -0.1) is 0 Å². The molecule has 0 radical (unpaired) electrons. The van der Waals surface area contributed by atoms with Gasteiger partial charge in [0.25, 0.3) is 0 Å². The molecular weight excluding hydrogens is 248 g/mol. The lowest BCUT2D eigenvalue weighted by Crippen LogP contribution is -2.39. The molecule has 0 saturated heterocycles. The minimum atomic E-state index is -3.05. The van der Waals surface area contributed by atoms with Crippen molar-refractivity contribution in [2.45, 2.75) is 58.0 Å². The zero-order chi connectivity index (χ0) is 13.2. The van der Waals surface area contributed by atoms with Gasteiger partial charge in [0.15, 0.2) is 0 Å². The molecule has 5 heteroatoms. The van der Waals surface area contributed by atoms with Gasteiger partial charge in [0.1, 0.15) is 0 Å². The van der Waals surface area contributed by atoms with Gasteiger partial charge in [-0.25, -0.2) is 8.42 Å². The maximum Gasteiger partial charge on any atom is 0.215 e. The summed E-state index contributed by atoms with van der Waals surface area (Å²) < 4.78 is 26.4. The van der Waals surface area contributed by atoms with Crippen molar-refractivity contribution in [3.63, 3.8) is 0 Å². The Morgan fingerprint density at radius 1 is 1.22 bits per heavy atom. The topological polar surface area (TPSA) is 49.4 Å². The number of nitrogens with zero attached hydrogens (tertiary/aromatic N) is 1. The Kier molecular flexibility index (Phi) is 4.67. The molecule has 0 atom stereocenters. The third-order valence-electron chi connectivity index (χ3n) is 3.61. The first-order valence-corrected chi connectivity index (χ1v) is 8.83. The fourth-order valence-corrected chi connectivity index (χ4v) is 3.75. The SMILES string of the molecule is CC(C)CCN(C1CC1)S(=O)(=O)CCNC1CC1. The summed E-state index contributed by atoms with van der Waals surface area (Å²) in [6.45, 7) is 5.60. The first kappa shape index (κ1) is 14.3. The maximum absolute atomic E-state index is 12.3. The minimum Gasteiger partial charge on any atom is -0.313 e. The molecule has 0 heterocycles. The molecule has 2 aliphatic carbocycles. The largest absolute Gasteiger partial charge is 0.313 e. The molecule has 2 fully saturated rings. The van der Waals surface area contributed by atoms with Gasteiger partial charge in [0.2, 0.25) is 10.0 Å². The summed E-state index contributed by atoms with van der Waals surface area (Å²) in [6, 6.07) is 0.889. The van der Waals surface area contributed by atoms with Crippen molar-refractivity contribution in [3.8, 4) is 0 Å². The minimum absolute atomic E-state index is 0.262. The van der Waals surface area contributed by atoms with Gasteiger partial charge in [-0.2, -0.15) is 4.31 Å². The molecule has 2 rings (SSSR count). The molecule has 2 saturated carbocycles. The Morgan fingerprint density at radius 2 is 1.89 bits per heavy atom. The molecule has 0 unspecified atom stereocenters. The van der Waals surface area contributed by atoms with Gasteiger partial charge >= 0.3 is 0 Å². The highest BCUT2D eigenvalue weighted by Crippen LogP contribution is 2.30. The fraction of sp³-hybridized carbons (Fsp3) is 1.00. The molecule has 0 aliphatic heterocycles.